The van der Waals surface area contributed by atoms with Gasteiger partial charge in [-0.05, 0) is 35.2 Å². The van der Waals surface area contributed by atoms with Crippen molar-refractivity contribution in [2.75, 3.05) is 18.0 Å². The summed E-state index contributed by atoms with van der Waals surface area (Å²) in [5, 5.41) is 0. The summed E-state index contributed by atoms with van der Waals surface area (Å²) in [6.07, 6.45) is 5.59. The lowest BCUT2D eigenvalue weighted by Crippen LogP contribution is -2.30. The number of aromatic nitrogens is 2. The fraction of sp³-hybridized carbons (Fsp3) is 0.333. The van der Waals surface area contributed by atoms with Crippen LogP contribution < -0.4 is 4.90 Å². The van der Waals surface area contributed by atoms with Crippen LogP contribution in [0.4, 0.5) is 5.82 Å². The van der Waals surface area contributed by atoms with Crippen LogP contribution in [0.15, 0.2) is 41.1 Å². The monoisotopic (exact) mass is 317 g/mol. The van der Waals surface area contributed by atoms with Crippen molar-refractivity contribution in [3.05, 3.63) is 41.1 Å². The molecule has 1 fully saturated rings. The molecule has 0 aliphatic carbocycles. The lowest BCUT2D eigenvalue weighted by molar-refractivity contribution is 0.573. The summed E-state index contributed by atoms with van der Waals surface area (Å²) in [7, 11) is 0. The van der Waals surface area contributed by atoms with E-state index in [-0.39, 0.29) is 0 Å². The van der Waals surface area contributed by atoms with Gasteiger partial charge < -0.3 is 4.90 Å². The summed E-state index contributed by atoms with van der Waals surface area (Å²) in [4.78, 5) is 11.6. The Balaban J connectivity index is 2.04. The molecule has 1 aliphatic rings. The SMILES string of the molecule is Brc1cnc(N2CCCCC2)c(-c2ccccc2)n1. The van der Waals surface area contributed by atoms with Gasteiger partial charge in [-0.25, -0.2) is 9.97 Å². The summed E-state index contributed by atoms with van der Waals surface area (Å²) >= 11 is 3.43. The number of piperidine rings is 1. The van der Waals surface area contributed by atoms with E-state index in [4.69, 9.17) is 0 Å². The van der Waals surface area contributed by atoms with Crippen molar-refractivity contribution in [1.82, 2.24) is 9.97 Å². The molecule has 0 bridgehead atoms. The molecule has 1 aliphatic heterocycles. The Labute approximate surface area is 121 Å². The highest BCUT2D eigenvalue weighted by atomic mass is 79.9. The molecule has 1 aromatic carbocycles. The van der Waals surface area contributed by atoms with Gasteiger partial charge in [0.05, 0.1) is 6.20 Å². The minimum atomic E-state index is 0.784. The van der Waals surface area contributed by atoms with Crippen molar-refractivity contribution < 1.29 is 0 Å². The number of rotatable bonds is 2. The predicted molar refractivity (Wildman–Crippen MR) is 81.2 cm³/mol. The molecule has 4 heteroatoms. The van der Waals surface area contributed by atoms with Crippen LogP contribution in [0.2, 0.25) is 0 Å². The zero-order valence-electron chi connectivity index (χ0n) is 10.7. The van der Waals surface area contributed by atoms with Gasteiger partial charge >= 0.3 is 0 Å². The molecule has 2 heterocycles. The Morgan fingerprint density at radius 2 is 1.74 bits per heavy atom. The fourth-order valence-electron chi connectivity index (χ4n) is 2.49. The van der Waals surface area contributed by atoms with Gasteiger partial charge in [-0.15, -0.1) is 0 Å². The van der Waals surface area contributed by atoms with E-state index in [1.54, 1.807) is 6.20 Å². The number of hydrogen-bond acceptors (Lipinski definition) is 3. The standard InChI is InChI=1S/C15H16BrN3/c16-13-11-17-15(19-9-5-2-6-10-19)14(18-13)12-7-3-1-4-8-12/h1,3-4,7-8,11H,2,5-6,9-10H2. The number of benzene rings is 1. The molecule has 0 N–H and O–H groups in total. The molecule has 1 aromatic heterocycles. The highest BCUT2D eigenvalue weighted by Gasteiger charge is 2.18. The minimum Gasteiger partial charge on any atom is -0.355 e. The first-order chi connectivity index (χ1) is 9.34. The number of hydrogen-bond donors (Lipinski definition) is 0. The minimum absolute atomic E-state index is 0.784. The average molecular weight is 318 g/mol. The molecule has 0 atom stereocenters. The molecule has 1 saturated heterocycles. The van der Waals surface area contributed by atoms with Crippen LogP contribution in [0.5, 0.6) is 0 Å². The van der Waals surface area contributed by atoms with Crippen molar-refractivity contribution >= 4 is 21.7 Å². The third kappa shape index (κ3) is 2.78. The second-order valence-corrected chi connectivity index (χ2v) is 5.59. The maximum atomic E-state index is 4.63. The average Bonchev–Trinajstić information content (AvgIpc) is 2.49. The summed E-state index contributed by atoms with van der Waals surface area (Å²) in [5.41, 5.74) is 2.09. The smallest absolute Gasteiger partial charge is 0.155 e. The molecule has 19 heavy (non-hydrogen) atoms. The van der Waals surface area contributed by atoms with Crippen LogP contribution >= 0.6 is 15.9 Å². The van der Waals surface area contributed by atoms with Gasteiger partial charge in [-0.2, -0.15) is 0 Å². The van der Waals surface area contributed by atoms with E-state index < -0.39 is 0 Å². The van der Waals surface area contributed by atoms with E-state index in [2.05, 4.69) is 42.9 Å². The van der Waals surface area contributed by atoms with E-state index in [0.29, 0.717) is 0 Å². The maximum Gasteiger partial charge on any atom is 0.155 e. The van der Waals surface area contributed by atoms with Crippen molar-refractivity contribution in [3.8, 4) is 11.3 Å². The molecular weight excluding hydrogens is 302 g/mol. The van der Waals surface area contributed by atoms with E-state index in [1.807, 2.05) is 18.2 Å². The number of anilines is 1. The van der Waals surface area contributed by atoms with E-state index in [1.165, 1.54) is 19.3 Å². The van der Waals surface area contributed by atoms with Crippen molar-refractivity contribution in [2.45, 2.75) is 19.3 Å². The maximum absolute atomic E-state index is 4.63. The van der Waals surface area contributed by atoms with E-state index in [0.717, 1.165) is 34.8 Å². The Morgan fingerprint density at radius 3 is 2.47 bits per heavy atom. The van der Waals surface area contributed by atoms with E-state index in [9.17, 15) is 0 Å². The second kappa shape index (κ2) is 5.70. The normalized spacial score (nSPS) is 15.5. The van der Waals surface area contributed by atoms with Gasteiger partial charge in [0, 0.05) is 18.7 Å². The van der Waals surface area contributed by atoms with E-state index >= 15 is 0 Å². The van der Waals surface area contributed by atoms with Crippen LogP contribution in [0.25, 0.3) is 11.3 Å². The van der Waals surface area contributed by atoms with Gasteiger partial charge in [-0.1, -0.05) is 30.3 Å². The van der Waals surface area contributed by atoms with Gasteiger partial charge in [0.15, 0.2) is 5.82 Å². The van der Waals surface area contributed by atoms with Crippen LogP contribution in [0, 0.1) is 0 Å². The fourth-order valence-corrected chi connectivity index (χ4v) is 2.77. The van der Waals surface area contributed by atoms with Crippen LogP contribution in [-0.4, -0.2) is 23.1 Å². The summed E-state index contributed by atoms with van der Waals surface area (Å²) < 4.78 is 0.784. The molecule has 98 valence electrons. The molecule has 0 unspecified atom stereocenters. The van der Waals surface area contributed by atoms with Crippen molar-refractivity contribution in [3.63, 3.8) is 0 Å². The summed E-state index contributed by atoms with van der Waals surface area (Å²) in [5.74, 6) is 1.01. The van der Waals surface area contributed by atoms with Gasteiger partial charge in [0.2, 0.25) is 0 Å². The third-order valence-corrected chi connectivity index (χ3v) is 3.81. The molecule has 0 radical (unpaired) electrons. The summed E-state index contributed by atoms with van der Waals surface area (Å²) in [6.45, 7) is 2.16. The lowest BCUT2D eigenvalue weighted by Gasteiger charge is -2.29. The number of nitrogens with zero attached hydrogens (tertiary/aromatic N) is 3. The zero-order chi connectivity index (χ0) is 13.1. The molecule has 0 spiro atoms. The number of halogens is 1. The van der Waals surface area contributed by atoms with Crippen molar-refractivity contribution in [2.24, 2.45) is 0 Å². The Hall–Kier alpha value is -1.42. The highest BCUT2D eigenvalue weighted by Crippen LogP contribution is 2.29. The first-order valence-electron chi connectivity index (χ1n) is 6.67. The van der Waals surface area contributed by atoms with Crippen LogP contribution in [0.1, 0.15) is 19.3 Å². The zero-order valence-corrected chi connectivity index (χ0v) is 12.3. The Bertz CT molecular complexity index is 551. The first kappa shape index (κ1) is 12.6. The van der Waals surface area contributed by atoms with Crippen LogP contribution in [0.3, 0.4) is 0 Å². The molecular formula is C15H16BrN3. The molecule has 3 rings (SSSR count). The predicted octanol–water partition coefficient (Wildman–Crippen LogP) is 3.90. The Morgan fingerprint density at radius 1 is 1.00 bits per heavy atom. The van der Waals surface area contributed by atoms with Gasteiger partial charge in [-0.3, -0.25) is 0 Å². The third-order valence-electron chi connectivity index (χ3n) is 3.43. The Kier molecular flexibility index (Phi) is 3.78. The molecule has 0 amide bonds. The molecule has 3 nitrogen and oxygen atoms in total. The van der Waals surface area contributed by atoms with Gasteiger partial charge in [0.25, 0.3) is 0 Å². The van der Waals surface area contributed by atoms with Crippen molar-refractivity contribution in [1.29, 1.82) is 0 Å². The summed E-state index contributed by atoms with van der Waals surface area (Å²) in [6, 6.07) is 10.3. The lowest BCUT2D eigenvalue weighted by atomic mass is 10.1. The highest BCUT2D eigenvalue weighted by molar-refractivity contribution is 9.10. The quantitative estimate of drug-likeness (QED) is 0.841. The largest absolute Gasteiger partial charge is 0.355 e. The van der Waals surface area contributed by atoms with Crippen LogP contribution in [-0.2, 0) is 0 Å². The first-order valence-corrected chi connectivity index (χ1v) is 7.47. The topological polar surface area (TPSA) is 29.0 Å². The molecule has 2 aromatic rings. The second-order valence-electron chi connectivity index (χ2n) is 4.78. The molecule has 0 saturated carbocycles. The van der Waals surface area contributed by atoms with Gasteiger partial charge in [0.1, 0.15) is 10.3 Å².